The van der Waals surface area contributed by atoms with Crippen molar-refractivity contribution in [3.8, 4) is 12.3 Å². The van der Waals surface area contributed by atoms with Crippen molar-refractivity contribution in [2.24, 2.45) is 5.92 Å². The van der Waals surface area contributed by atoms with Crippen LogP contribution in [0.2, 0.25) is 0 Å². The Balaban J connectivity index is 2.05. The Hall–Kier alpha value is -1.64. The van der Waals surface area contributed by atoms with E-state index in [1.54, 1.807) is 11.3 Å². The van der Waals surface area contributed by atoms with Crippen LogP contribution >= 0.6 is 11.3 Å². The Morgan fingerprint density at radius 1 is 1.62 bits per heavy atom. The first-order chi connectivity index (χ1) is 10.1. The zero-order valence-corrected chi connectivity index (χ0v) is 13.1. The molecule has 2 N–H and O–H groups in total. The number of nitrogens with one attached hydrogen (secondary N) is 2. The van der Waals surface area contributed by atoms with E-state index in [1.165, 1.54) is 10.4 Å². The van der Waals surface area contributed by atoms with Crippen molar-refractivity contribution < 1.29 is 0 Å². The van der Waals surface area contributed by atoms with Crippen molar-refractivity contribution in [2.45, 2.75) is 39.2 Å². The Labute approximate surface area is 128 Å². The van der Waals surface area contributed by atoms with Crippen LogP contribution < -0.4 is 10.9 Å². The summed E-state index contributed by atoms with van der Waals surface area (Å²) in [6.07, 6.45) is 8.46. The van der Waals surface area contributed by atoms with Crippen molar-refractivity contribution in [1.82, 2.24) is 15.3 Å². The highest BCUT2D eigenvalue weighted by atomic mass is 32.1. The van der Waals surface area contributed by atoms with Crippen LogP contribution in [0.25, 0.3) is 10.2 Å². The predicted octanol–water partition coefficient (Wildman–Crippen LogP) is 2.39. The van der Waals surface area contributed by atoms with E-state index in [0.29, 0.717) is 18.3 Å². The van der Waals surface area contributed by atoms with E-state index in [2.05, 4.69) is 28.1 Å². The summed E-state index contributed by atoms with van der Waals surface area (Å²) in [5, 5.41) is 3.95. The molecule has 0 radical (unpaired) electrons. The number of aromatic amines is 1. The molecular weight excluding hydrogens is 282 g/mol. The largest absolute Gasteiger partial charge is 0.309 e. The predicted molar refractivity (Wildman–Crippen MR) is 86.7 cm³/mol. The van der Waals surface area contributed by atoms with E-state index in [4.69, 9.17) is 6.42 Å². The SMILES string of the molecule is C#CCN[C@H](C)c1nc2sc3c(c2c(=O)[nH]1)CC[C@@H](C)C3. The molecule has 0 amide bonds. The number of nitrogens with zero attached hydrogens (tertiary/aromatic N) is 1. The molecule has 2 heterocycles. The first-order valence-electron chi connectivity index (χ1n) is 7.31. The zero-order valence-electron chi connectivity index (χ0n) is 12.3. The lowest BCUT2D eigenvalue weighted by Crippen LogP contribution is -2.24. The summed E-state index contributed by atoms with van der Waals surface area (Å²) in [6, 6.07) is -0.0591. The average molecular weight is 301 g/mol. The highest BCUT2D eigenvalue weighted by molar-refractivity contribution is 7.18. The number of thiophene rings is 1. The van der Waals surface area contributed by atoms with E-state index < -0.39 is 0 Å². The van der Waals surface area contributed by atoms with Crippen molar-refractivity contribution in [2.75, 3.05) is 6.54 Å². The molecule has 2 aromatic rings. The molecule has 1 aliphatic carbocycles. The van der Waals surface area contributed by atoms with Gasteiger partial charge in [-0.2, -0.15) is 0 Å². The fraction of sp³-hybridized carbons (Fsp3) is 0.500. The van der Waals surface area contributed by atoms with Crippen LogP contribution in [0, 0.1) is 18.3 Å². The van der Waals surface area contributed by atoms with Crippen LogP contribution in [-0.4, -0.2) is 16.5 Å². The van der Waals surface area contributed by atoms with Crippen molar-refractivity contribution in [1.29, 1.82) is 0 Å². The van der Waals surface area contributed by atoms with Crippen LogP contribution in [0.4, 0.5) is 0 Å². The van der Waals surface area contributed by atoms with Gasteiger partial charge in [0.15, 0.2) is 0 Å². The number of terminal acetylenes is 1. The molecule has 0 saturated heterocycles. The van der Waals surface area contributed by atoms with E-state index in [-0.39, 0.29) is 11.6 Å². The quantitative estimate of drug-likeness (QED) is 0.856. The van der Waals surface area contributed by atoms with E-state index in [9.17, 15) is 4.79 Å². The van der Waals surface area contributed by atoms with Crippen LogP contribution in [0.1, 0.15) is 42.6 Å². The molecule has 0 saturated carbocycles. The van der Waals surface area contributed by atoms with Gasteiger partial charge in [0.1, 0.15) is 10.7 Å². The minimum atomic E-state index is -0.0591. The van der Waals surface area contributed by atoms with Crippen molar-refractivity contribution in [3.05, 3.63) is 26.6 Å². The van der Waals surface area contributed by atoms with Gasteiger partial charge in [-0.1, -0.05) is 12.8 Å². The van der Waals surface area contributed by atoms with Gasteiger partial charge in [-0.25, -0.2) is 4.98 Å². The van der Waals surface area contributed by atoms with Gasteiger partial charge in [0.25, 0.3) is 5.56 Å². The molecule has 3 rings (SSSR count). The molecule has 5 heteroatoms. The van der Waals surface area contributed by atoms with Gasteiger partial charge in [0.2, 0.25) is 0 Å². The fourth-order valence-corrected chi connectivity index (χ4v) is 4.27. The van der Waals surface area contributed by atoms with Gasteiger partial charge in [-0.15, -0.1) is 17.8 Å². The average Bonchev–Trinajstić information content (AvgIpc) is 2.82. The first kappa shape index (κ1) is 14.3. The zero-order chi connectivity index (χ0) is 15.0. The van der Waals surface area contributed by atoms with Gasteiger partial charge in [0.05, 0.1) is 18.0 Å². The molecule has 0 bridgehead atoms. The molecule has 0 unspecified atom stereocenters. The summed E-state index contributed by atoms with van der Waals surface area (Å²) in [4.78, 5) is 22.2. The summed E-state index contributed by atoms with van der Waals surface area (Å²) in [5.41, 5.74) is 1.20. The third kappa shape index (κ3) is 2.61. The summed E-state index contributed by atoms with van der Waals surface area (Å²) in [6.45, 7) is 4.68. The Bertz CT molecular complexity index is 768. The van der Waals surface area contributed by atoms with Crippen molar-refractivity contribution in [3.63, 3.8) is 0 Å². The Kier molecular flexibility index (Phi) is 3.83. The van der Waals surface area contributed by atoms with Gasteiger partial charge in [-0.05, 0) is 37.7 Å². The number of aromatic nitrogens is 2. The summed E-state index contributed by atoms with van der Waals surface area (Å²) >= 11 is 1.67. The molecule has 4 nitrogen and oxygen atoms in total. The molecular formula is C16H19N3OS. The van der Waals surface area contributed by atoms with Crippen molar-refractivity contribution >= 4 is 21.6 Å². The van der Waals surface area contributed by atoms with E-state index in [0.717, 1.165) is 29.5 Å². The second-order valence-corrected chi connectivity index (χ2v) is 6.87. The minimum absolute atomic E-state index is 0.0172. The smallest absolute Gasteiger partial charge is 0.259 e. The first-order valence-corrected chi connectivity index (χ1v) is 8.13. The number of hydrogen-bond acceptors (Lipinski definition) is 4. The maximum Gasteiger partial charge on any atom is 0.259 e. The van der Waals surface area contributed by atoms with Crippen LogP contribution in [0.5, 0.6) is 0 Å². The second kappa shape index (κ2) is 5.63. The van der Waals surface area contributed by atoms with Gasteiger partial charge >= 0.3 is 0 Å². The third-order valence-corrected chi connectivity index (χ3v) is 5.25. The van der Waals surface area contributed by atoms with Crippen LogP contribution in [-0.2, 0) is 12.8 Å². The lowest BCUT2D eigenvalue weighted by molar-refractivity contribution is 0.509. The highest BCUT2D eigenvalue weighted by Crippen LogP contribution is 2.35. The van der Waals surface area contributed by atoms with Crippen LogP contribution in [0.3, 0.4) is 0 Å². The number of H-pyrrole nitrogens is 1. The molecule has 21 heavy (non-hydrogen) atoms. The molecule has 2 atom stereocenters. The molecule has 0 spiro atoms. The minimum Gasteiger partial charge on any atom is -0.309 e. The maximum atomic E-state index is 12.4. The molecule has 0 fully saturated rings. The molecule has 110 valence electrons. The topological polar surface area (TPSA) is 57.8 Å². The van der Waals surface area contributed by atoms with E-state index in [1.807, 2.05) is 6.92 Å². The summed E-state index contributed by atoms with van der Waals surface area (Å²) < 4.78 is 0. The third-order valence-electron chi connectivity index (χ3n) is 4.10. The lowest BCUT2D eigenvalue weighted by atomic mass is 9.89. The fourth-order valence-electron chi connectivity index (χ4n) is 2.88. The monoisotopic (exact) mass is 301 g/mol. The molecule has 1 aliphatic rings. The van der Waals surface area contributed by atoms with Gasteiger partial charge in [-0.3, -0.25) is 10.1 Å². The van der Waals surface area contributed by atoms with E-state index >= 15 is 0 Å². The molecule has 2 aromatic heterocycles. The number of rotatable bonds is 3. The number of fused-ring (bicyclic) bond motifs is 3. The Morgan fingerprint density at radius 2 is 2.43 bits per heavy atom. The standard InChI is InChI=1S/C16H19N3OS/c1-4-7-17-10(3)14-18-15(20)13-11-6-5-9(2)8-12(11)21-16(13)19-14/h1,9-10,17H,5-8H2,2-3H3,(H,18,19,20)/t9-,10-/m1/s1. The lowest BCUT2D eigenvalue weighted by Gasteiger charge is -2.17. The summed E-state index contributed by atoms with van der Waals surface area (Å²) in [5.74, 6) is 3.89. The molecule has 0 aliphatic heterocycles. The maximum absolute atomic E-state index is 12.4. The Morgan fingerprint density at radius 3 is 3.19 bits per heavy atom. The number of aryl methyl sites for hydroxylation is 1. The normalized spacial score (nSPS) is 19.2. The highest BCUT2D eigenvalue weighted by Gasteiger charge is 2.23. The van der Waals surface area contributed by atoms with Crippen LogP contribution in [0.15, 0.2) is 4.79 Å². The van der Waals surface area contributed by atoms with Gasteiger partial charge < -0.3 is 4.98 Å². The molecule has 0 aromatic carbocycles. The summed E-state index contributed by atoms with van der Waals surface area (Å²) in [7, 11) is 0. The van der Waals surface area contributed by atoms with Gasteiger partial charge in [0, 0.05) is 4.88 Å². The second-order valence-electron chi connectivity index (χ2n) is 5.79. The number of hydrogen-bond donors (Lipinski definition) is 2.